The van der Waals surface area contributed by atoms with Crippen LogP contribution in [0.25, 0.3) is 0 Å². The maximum absolute atomic E-state index is 5.47. The number of hydrogen-bond donors (Lipinski definition) is 0. The molecule has 1 saturated heterocycles. The van der Waals surface area contributed by atoms with Crippen LogP contribution in [0.3, 0.4) is 0 Å². The van der Waals surface area contributed by atoms with Crippen LogP contribution in [0.5, 0.6) is 5.75 Å². The second-order valence-electron chi connectivity index (χ2n) is 3.76. The van der Waals surface area contributed by atoms with Crippen molar-refractivity contribution < 1.29 is 28.7 Å². The molecule has 0 unspecified atom stereocenters. The number of methoxy groups -OCH3 is 1. The number of anilines is 1. The van der Waals surface area contributed by atoms with Crippen molar-refractivity contribution in [3.05, 3.63) is 28.3 Å². The van der Waals surface area contributed by atoms with Crippen molar-refractivity contribution in [3.63, 3.8) is 0 Å². The lowest BCUT2D eigenvalue weighted by Gasteiger charge is -2.12. The minimum atomic E-state index is 0. The summed E-state index contributed by atoms with van der Waals surface area (Å²) in [7, 11) is 5.82. The van der Waals surface area contributed by atoms with Crippen molar-refractivity contribution in [2.75, 3.05) is 37.6 Å². The Balaban J connectivity index is 0.00000144. The fraction of sp³-hybridized carbons (Fsp3) is 0.417. The topological polar surface area (TPSA) is 12.5 Å². The first-order valence-corrected chi connectivity index (χ1v) is 7.18. The van der Waals surface area contributed by atoms with Crippen molar-refractivity contribution >= 4 is 29.2 Å². The molecule has 1 heterocycles. The van der Waals surface area contributed by atoms with E-state index in [1.807, 2.05) is 37.6 Å². The van der Waals surface area contributed by atoms with Gasteiger partial charge in [-0.05, 0) is 23.5 Å². The normalized spacial score (nSPS) is 14.4. The highest BCUT2D eigenvalue weighted by Gasteiger charge is 2.31. The summed E-state index contributed by atoms with van der Waals surface area (Å²) < 4.78 is 6.87. The molecule has 1 aromatic carbocycles. The van der Waals surface area contributed by atoms with Gasteiger partial charge in [0.15, 0.2) is 10.1 Å². The van der Waals surface area contributed by atoms with Crippen molar-refractivity contribution in [2.24, 2.45) is 0 Å². The number of thioether (sulfide) groups is 2. The molecule has 1 aliphatic rings. The molecule has 0 aromatic heterocycles. The first-order valence-electron chi connectivity index (χ1n) is 5.20. The molecule has 0 aliphatic carbocycles. The van der Waals surface area contributed by atoms with Crippen LogP contribution in [-0.2, 0) is 0 Å². The predicted molar refractivity (Wildman–Crippen MR) is 74.6 cm³/mol. The third-order valence-electron chi connectivity index (χ3n) is 2.47. The first-order chi connectivity index (χ1) is 7.72. The van der Waals surface area contributed by atoms with Gasteiger partial charge in [-0.15, -0.1) is 0 Å². The zero-order valence-electron chi connectivity index (χ0n) is 10.2. The van der Waals surface area contributed by atoms with Gasteiger partial charge < -0.3 is 33.6 Å². The minimum absolute atomic E-state index is 0. The highest BCUT2D eigenvalue weighted by Crippen LogP contribution is 2.47. The largest absolute Gasteiger partial charge is 1.00 e. The molecule has 94 valence electrons. The van der Waals surface area contributed by atoms with Gasteiger partial charge in [0.1, 0.15) is 0 Å². The average molecular weight is 381 g/mol. The SMILES string of the molecule is COc1cc(N(C)C)ccc1[C+]1SCCS1.[I-]. The molecule has 2 rings (SSSR count). The number of benzene rings is 1. The van der Waals surface area contributed by atoms with Gasteiger partial charge in [0, 0.05) is 31.7 Å². The Morgan fingerprint density at radius 2 is 1.88 bits per heavy atom. The predicted octanol–water partition coefficient (Wildman–Crippen LogP) is 0.0828. The summed E-state index contributed by atoms with van der Waals surface area (Å²) in [5.74, 6) is 3.39. The lowest BCUT2D eigenvalue weighted by molar-refractivity contribution is -0.00000345. The van der Waals surface area contributed by atoms with E-state index in [0.717, 1.165) is 5.75 Å². The fourth-order valence-corrected chi connectivity index (χ4v) is 4.11. The molecule has 1 aliphatic heterocycles. The zero-order valence-corrected chi connectivity index (χ0v) is 14.0. The minimum Gasteiger partial charge on any atom is -1.00 e. The fourth-order valence-electron chi connectivity index (χ4n) is 1.59. The zero-order chi connectivity index (χ0) is 11.5. The van der Waals surface area contributed by atoms with Gasteiger partial charge in [-0.2, -0.15) is 0 Å². The molecule has 0 N–H and O–H groups in total. The van der Waals surface area contributed by atoms with E-state index in [1.165, 1.54) is 27.3 Å². The van der Waals surface area contributed by atoms with Crippen LogP contribution in [0.2, 0.25) is 0 Å². The second-order valence-corrected chi connectivity index (χ2v) is 6.23. The van der Waals surface area contributed by atoms with E-state index in [2.05, 4.69) is 23.1 Å². The summed E-state index contributed by atoms with van der Waals surface area (Å²) in [4.78, 5) is 2.09. The van der Waals surface area contributed by atoms with E-state index in [0.29, 0.717) is 0 Å². The summed E-state index contributed by atoms with van der Waals surface area (Å²) in [6, 6.07) is 6.40. The summed E-state index contributed by atoms with van der Waals surface area (Å²) in [6.07, 6.45) is 0. The van der Waals surface area contributed by atoms with E-state index in [9.17, 15) is 0 Å². The van der Waals surface area contributed by atoms with Gasteiger partial charge >= 0.3 is 0 Å². The van der Waals surface area contributed by atoms with Crippen LogP contribution in [0.1, 0.15) is 5.56 Å². The lowest BCUT2D eigenvalue weighted by Crippen LogP contribution is -3.00. The highest BCUT2D eigenvalue weighted by atomic mass is 127. The molecule has 0 radical (unpaired) electrons. The number of nitrogens with zero attached hydrogens (tertiary/aromatic N) is 1. The van der Waals surface area contributed by atoms with Gasteiger partial charge in [-0.3, -0.25) is 0 Å². The van der Waals surface area contributed by atoms with Gasteiger partial charge in [-0.1, -0.05) is 0 Å². The first kappa shape index (κ1) is 15.2. The Morgan fingerprint density at radius 1 is 1.24 bits per heavy atom. The Labute approximate surface area is 129 Å². The Bertz CT molecular complexity index is 368. The maximum atomic E-state index is 5.47. The van der Waals surface area contributed by atoms with Gasteiger partial charge in [-0.25, -0.2) is 0 Å². The number of hydrogen-bond acceptors (Lipinski definition) is 4. The van der Waals surface area contributed by atoms with Crippen LogP contribution >= 0.6 is 23.5 Å². The monoisotopic (exact) mass is 381 g/mol. The van der Waals surface area contributed by atoms with E-state index < -0.39 is 0 Å². The van der Waals surface area contributed by atoms with Crippen molar-refractivity contribution in [3.8, 4) is 5.75 Å². The smallest absolute Gasteiger partial charge is 0.235 e. The number of halogens is 1. The quantitative estimate of drug-likeness (QED) is 0.543. The third-order valence-corrected chi connectivity index (χ3v) is 5.22. The van der Waals surface area contributed by atoms with E-state index in [-0.39, 0.29) is 24.0 Å². The molecule has 0 bridgehead atoms. The van der Waals surface area contributed by atoms with Crippen LogP contribution < -0.4 is 33.6 Å². The molecule has 1 aromatic rings. The summed E-state index contributed by atoms with van der Waals surface area (Å²) >= 11 is 3.85. The van der Waals surface area contributed by atoms with Crippen LogP contribution in [-0.4, -0.2) is 32.7 Å². The van der Waals surface area contributed by atoms with E-state index >= 15 is 0 Å². The van der Waals surface area contributed by atoms with Crippen LogP contribution in [0.15, 0.2) is 18.2 Å². The lowest BCUT2D eigenvalue weighted by atomic mass is 10.2. The van der Waals surface area contributed by atoms with Crippen molar-refractivity contribution in [1.82, 2.24) is 0 Å². The Hall–Kier alpha value is 0.120. The highest BCUT2D eigenvalue weighted by molar-refractivity contribution is 8.24. The van der Waals surface area contributed by atoms with Crippen molar-refractivity contribution in [2.45, 2.75) is 0 Å². The van der Waals surface area contributed by atoms with E-state index in [1.54, 1.807) is 7.11 Å². The maximum Gasteiger partial charge on any atom is 0.235 e. The average Bonchev–Trinajstić information content (AvgIpc) is 2.81. The molecule has 5 heteroatoms. The molecule has 2 nitrogen and oxygen atoms in total. The molecule has 0 saturated carbocycles. The number of rotatable bonds is 3. The second kappa shape index (κ2) is 6.89. The Kier molecular flexibility index (Phi) is 6.16. The molecule has 17 heavy (non-hydrogen) atoms. The standard InChI is InChI=1S/C12H16NOS2.HI/c1-13(2)9-4-5-10(11(8-9)14-3)12-15-6-7-16-12;/h4-5,8H,6-7H2,1-3H3;1H/q+1;/p-1. The summed E-state index contributed by atoms with van der Waals surface area (Å²) in [5.41, 5.74) is 2.41. The molecule has 1 fully saturated rings. The van der Waals surface area contributed by atoms with Crippen molar-refractivity contribution in [1.29, 1.82) is 0 Å². The molecular weight excluding hydrogens is 365 g/mol. The van der Waals surface area contributed by atoms with Gasteiger partial charge in [0.2, 0.25) is 5.75 Å². The molecular formula is C12H16INOS2. The number of ether oxygens (including phenoxy) is 1. The van der Waals surface area contributed by atoms with Gasteiger partial charge in [0.25, 0.3) is 0 Å². The summed E-state index contributed by atoms with van der Waals surface area (Å²) in [5, 5.41) is 0. The van der Waals surface area contributed by atoms with Crippen LogP contribution in [0, 0.1) is 4.58 Å². The molecule has 0 amide bonds. The summed E-state index contributed by atoms with van der Waals surface area (Å²) in [6.45, 7) is 0. The third kappa shape index (κ3) is 3.54. The molecule has 0 atom stereocenters. The van der Waals surface area contributed by atoms with Gasteiger partial charge in [0.05, 0.1) is 24.9 Å². The van der Waals surface area contributed by atoms with Crippen LogP contribution in [0.4, 0.5) is 5.69 Å². The Morgan fingerprint density at radius 3 is 2.41 bits per heavy atom. The van der Waals surface area contributed by atoms with E-state index in [4.69, 9.17) is 4.74 Å². The molecule has 0 spiro atoms.